The molecule has 19 heavy (non-hydrogen) atoms. The van der Waals surface area contributed by atoms with Crippen LogP contribution in [0.3, 0.4) is 0 Å². The lowest BCUT2D eigenvalue weighted by Gasteiger charge is -2.23. The molecule has 6 heteroatoms. The minimum absolute atomic E-state index is 0.000982. The second-order valence-corrected chi connectivity index (χ2v) is 5.29. The van der Waals surface area contributed by atoms with Crippen molar-refractivity contribution in [2.45, 2.75) is 25.3 Å². The first-order chi connectivity index (χ1) is 9.24. The molecule has 2 saturated heterocycles. The summed E-state index contributed by atoms with van der Waals surface area (Å²) in [5.74, 6) is 0.702. The predicted octanol–water partition coefficient (Wildman–Crippen LogP) is 0.435. The van der Waals surface area contributed by atoms with E-state index in [9.17, 15) is 0 Å². The fraction of sp³-hybridized carbons (Fsp3) is 0.615. The van der Waals surface area contributed by atoms with Crippen LogP contribution in [0.4, 0.5) is 5.95 Å². The molecule has 0 aliphatic carbocycles. The van der Waals surface area contributed by atoms with Crippen LogP contribution in [0, 0.1) is 5.41 Å². The molecule has 3 rings (SSSR count). The zero-order chi connectivity index (χ0) is 13.2. The molecule has 3 heterocycles. The van der Waals surface area contributed by atoms with Gasteiger partial charge in [0.1, 0.15) is 11.5 Å². The van der Waals surface area contributed by atoms with Gasteiger partial charge in [-0.3, -0.25) is 10.3 Å². The highest BCUT2D eigenvalue weighted by Crippen LogP contribution is 2.22. The van der Waals surface area contributed by atoms with Crippen molar-refractivity contribution < 1.29 is 0 Å². The van der Waals surface area contributed by atoms with Crippen LogP contribution in [0.15, 0.2) is 12.3 Å². The first-order valence-electron chi connectivity index (χ1n) is 6.90. The highest BCUT2D eigenvalue weighted by Gasteiger charge is 2.30. The van der Waals surface area contributed by atoms with Gasteiger partial charge in [0.05, 0.1) is 0 Å². The molecular weight excluding hydrogens is 240 g/mol. The van der Waals surface area contributed by atoms with Crippen molar-refractivity contribution in [3.05, 3.63) is 18.0 Å². The van der Waals surface area contributed by atoms with E-state index in [-0.39, 0.29) is 5.84 Å². The number of hydrogen-bond acceptors (Lipinski definition) is 5. The molecule has 0 radical (unpaired) electrons. The summed E-state index contributed by atoms with van der Waals surface area (Å²) in [6.45, 7) is 4.43. The van der Waals surface area contributed by atoms with Crippen molar-refractivity contribution in [1.82, 2.24) is 14.9 Å². The van der Waals surface area contributed by atoms with Gasteiger partial charge in [-0.2, -0.15) is 0 Å². The van der Waals surface area contributed by atoms with Gasteiger partial charge in [0, 0.05) is 25.3 Å². The molecule has 0 aromatic carbocycles. The van der Waals surface area contributed by atoms with Crippen molar-refractivity contribution in [3.8, 4) is 0 Å². The molecule has 102 valence electrons. The van der Waals surface area contributed by atoms with Gasteiger partial charge in [0.2, 0.25) is 5.95 Å². The number of nitrogens with two attached hydrogens (primary N) is 1. The number of likely N-dealkylation sites (tertiary alicyclic amines) is 1. The Kier molecular flexibility index (Phi) is 3.33. The maximum Gasteiger partial charge on any atom is 0.226 e. The molecule has 2 fully saturated rings. The third-order valence-electron chi connectivity index (χ3n) is 4.02. The van der Waals surface area contributed by atoms with Crippen molar-refractivity contribution in [2.24, 2.45) is 5.73 Å². The number of rotatable bonds is 3. The number of nitrogen functional groups attached to an aromatic ring is 1. The number of anilines is 1. The molecule has 2 aliphatic rings. The van der Waals surface area contributed by atoms with Crippen LogP contribution in [0.25, 0.3) is 0 Å². The zero-order valence-electron chi connectivity index (χ0n) is 11.0. The maximum atomic E-state index is 7.44. The second-order valence-electron chi connectivity index (χ2n) is 5.29. The fourth-order valence-corrected chi connectivity index (χ4v) is 2.98. The third kappa shape index (κ3) is 2.53. The summed E-state index contributed by atoms with van der Waals surface area (Å²) in [6.07, 6.45) is 5.51. The van der Waals surface area contributed by atoms with E-state index in [0.29, 0.717) is 17.7 Å². The highest BCUT2D eigenvalue weighted by atomic mass is 15.3. The lowest BCUT2D eigenvalue weighted by Crippen LogP contribution is -2.35. The highest BCUT2D eigenvalue weighted by molar-refractivity contribution is 5.93. The van der Waals surface area contributed by atoms with Gasteiger partial charge in [0.15, 0.2) is 0 Å². The smallest absolute Gasteiger partial charge is 0.226 e. The first kappa shape index (κ1) is 12.3. The summed E-state index contributed by atoms with van der Waals surface area (Å²) in [5.41, 5.74) is 5.98. The molecule has 1 aromatic rings. The van der Waals surface area contributed by atoms with E-state index in [2.05, 4.69) is 19.8 Å². The van der Waals surface area contributed by atoms with Crippen LogP contribution < -0.4 is 10.6 Å². The summed E-state index contributed by atoms with van der Waals surface area (Å²) in [5, 5.41) is 7.44. The standard InChI is InChI=1S/C13H20N6/c14-12(15)11-3-5-16-13(17-11)19-8-4-10(9-19)18-6-1-2-7-18/h3,5,10H,1-2,4,6-9H2,(H3,14,15). The van der Waals surface area contributed by atoms with Crippen LogP contribution in [-0.4, -0.2) is 52.9 Å². The lowest BCUT2D eigenvalue weighted by atomic mass is 10.2. The van der Waals surface area contributed by atoms with E-state index in [1.165, 1.54) is 32.4 Å². The fourth-order valence-electron chi connectivity index (χ4n) is 2.98. The molecule has 1 unspecified atom stereocenters. The second kappa shape index (κ2) is 5.13. The van der Waals surface area contributed by atoms with E-state index in [1.807, 2.05) is 0 Å². The van der Waals surface area contributed by atoms with Crippen molar-refractivity contribution in [3.63, 3.8) is 0 Å². The Morgan fingerprint density at radius 3 is 2.84 bits per heavy atom. The Morgan fingerprint density at radius 2 is 2.11 bits per heavy atom. The Bertz CT molecular complexity index is 468. The summed E-state index contributed by atoms with van der Waals surface area (Å²) < 4.78 is 0. The Hall–Kier alpha value is -1.69. The molecule has 0 amide bonds. The van der Waals surface area contributed by atoms with Gasteiger partial charge >= 0.3 is 0 Å². The van der Waals surface area contributed by atoms with Crippen LogP contribution in [-0.2, 0) is 0 Å². The summed E-state index contributed by atoms with van der Waals surface area (Å²) in [4.78, 5) is 13.5. The zero-order valence-corrected chi connectivity index (χ0v) is 11.0. The molecule has 2 aliphatic heterocycles. The van der Waals surface area contributed by atoms with Gasteiger partial charge in [-0.1, -0.05) is 0 Å². The minimum atomic E-state index is -0.000982. The monoisotopic (exact) mass is 260 g/mol. The quantitative estimate of drug-likeness (QED) is 0.608. The van der Waals surface area contributed by atoms with E-state index in [1.54, 1.807) is 12.3 Å². The lowest BCUT2D eigenvalue weighted by molar-refractivity contribution is 0.260. The van der Waals surface area contributed by atoms with E-state index < -0.39 is 0 Å². The molecular formula is C13H20N6. The first-order valence-corrected chi connectivity index (χ1v) is 6.90. The largest absolute Gasteiger partial charge is 0.382 e. The SMILES string of the molecule is N=C(N)c1ccnc(N2CCC(N3CCCC3)C2)n1. The summed E-state index contributed by atoms with van der Waals surface area (Å²) >= 11 is 0. The normalized spacial score (nSPS) is 24.0. The topological polar surface area (TPSA) is 82.1 Å². The molecule has 1 aromatic heterocycles. The van der Waals surface area contributed by atoms with Gasteiger partial charge in [0.25, 0.3) is 0 Å². The third-order valence-corrected chi connectivity index (χ3v) is 4.02. The van der Waals surface area contributed by atoms with Gasteiger partial charge in [-0.15, -0.1) is 0 Å². The van der Waals surface area contributed by atoms with Gasteiger partial charge in [-0.05, 0) is 38.4 Å². The average molecular weight is 260 g/mol. The maximum absolute atomic E-state index is 7.44. The van der Waals surface area contributed by atoms with Crippen LogP contribution in [0.5, 0.6) is 0 Å². The average Bonchev–Trinajstić information content (AvgIpc) is 3.09. The number of aromatic nitrogens is 2. The Balaban J connectivity index is 1.70. The molecule has 0 bridgehead atoms. The summed E-state index contributed by atoms with van der Waals surface area (Å²) in [7, 11) is 0. The van der Waals surface area contributed by atoms with Gasteiger partial charge in [-0.25, -0.2) is 9.97 Å². The molecule has 6 nitrogen and oxygen atoms in total. The molecule has 3 N–H and O–H groups in total. The van der Waals surface area contributed by atoms with E-state index in [0.717, 1.165) is 13.1 Å². The minimum Gasteiger partial charge on any atom is -0.382 e. The van der Waals surface area contributed by atoms with E-state index in [4.69, 9.17) is 11.1 Å². The summed E-state index contributed by atoms with van der Waals surface area (Å²) in [6, 6.07) is 2.31. The number of hydrogen-bond donors (Lipinski definition) is 2. The molecule has 0 spiro atoms. The van der Waals surface area contributed by atoms with Crippen LogP contribution in [0.1, 0.15) is 25.0 Å². The van der Waals surface area contributed by atoms with Gasteiger partial charge < -0.3 is 10.6 Å². The molecule has 0 saturated carbocycles. The van der Waals surface area contributed by atoms with Crippen LogP contribution in [0.2, 0.25) is 0 Å². The number of nitrogens with zero attached hydrogens (tertiary/aromatic N) is 4. The van der Waals surface area contributed by atoms with Crippen LogP contribution >= 0.6 is 0 Å². The Morgan fingerprint density at radius 1 is 1.32 bits per heavy atom. The van der Waals surface area contributed by atoms with Crippen molar-refractivity contribution >= 4 is 11.8 Å². The predicted molar refractivity (Wildman–Crippen MR) is 74.5 cm³/mol. The Labute approximate surface area is 113 Å². The number of nitrogens with one attached hydrogen (secondary N) is 1. The van der Waals surface area contributed by atoms with Crippen molar-refractivity contribution in [1.29, 1.82) is 5.41 Å². The van der Waals surface area contributed by atoms with E-state index >= 15 is 0 Å². The van der Waals surface area contributed by atoms with Crippen molar-refractivity contribution in [2.75, 3.05) is 31.1 Å². The molecule has 1 atom stereocenters. The number of amidine groups is 1.